The number of amides is 1. The van der Waals surface area contributed by atoms with Crippen molar-refractivity contribution in [3.8, 4) is 5.75 Å². The molecule has 5 nitrogen and oxygen atoms in total. The van der Waals surface area contributed by atoms with E-state index in [0.29, 0.717) is 17.9 Å². The molecule has 0 saturated heterocycles. The topological polar surface area (TPSA) is 64.6 Å². The highest BCUT2D eigenvalue weighted by molar-refractivity contribution is 5.97. The predicted molar refractivity (Wildman–Crippen MR) is 125 cm³/mol. The van der Waals surface area contributed by atoms with Crippen molar-refractivity contribution in [1.29, 1.82) is 0 Å². The minimum absolute atomic E-state index is 0.152. The van der Waals surface area contributed by atoms with Crippen molar-refractivity contribution in [2.45, 2.75) is 32.9 Å². The molecule has 0 spiro atoms. The molecule has 0 bridgehead atoms. The van der Waals surface area contributed by atoms with Crippen LogP contribution in [0, 0.1) is 5.92 Å². The monoisotopic (exact) mass is 431 g/mol. The minimum atomic E-state index is -0.788. The van der Waals surface area contributed by atoms with Crippen LogP contribution >= 0.6 is 0 Å². The fourth-order valence-electron chi connectivity index (χ4n) is 3.37. The van der Waals surface area contributed by atoms with Crippen LogP contribution in [0.25, 0.3) is 0 Å². The van der Waals surface area contributed by atoms with E-state index in [1.807, 2.05) is 81.4 Å². The smallest absolute Gasteiger partial charge is 0.329 e. The Kier molecular flexibility index (Phi) is 8.03. The first kappa shape index (κ1) is 23.1. The van der Waals surface area contributed by atoms with Crippen molar-refractivity contribution in [3.63, 3.8) is 0 Å². The van der Waals surface area contributed by atoms with Crippen LogP contribution in [-0.4, -0.2) is 24.5 Å². The van der Waals surface area contributed by atoms with E-state index < -0.39 is 18.1 Å². The Hall–Kier alpha value is -3.60. The highest BCUT2D eigenvalue weighted by atomic mass is 16.5. The first-order chi connectivity index (χ1) is 15.5. The van der Waals surface area contributed by atoms with Crippen LogP contribution in [0.5, 0.6) is 5.75 Å². The Labute approximate surface area is 189 Å². The zero-order valence-electron chi connectivity index (χ0n) is 18.7. The summed E-state index contributed by atoms with van der Waals surface area (Å²) in [4.78, 5) is 26.0. The average molecular weight is 432 g/mol. The van der Waals surface area contributed by atoms with Gasteiger partial charge in [0.15, 0.2) is 6.10 Å². The number of hydrogen-bond acceptors (Lipinski definition) is 4. The van der Waals surface area contributed by atoms with E-state index in [2.05, 4.69) is 5.32 Å². The van der Waals surface area contributed by atoms with E-state index >= 15 is 0 Å². The molecule has 0 unspecified atom stereocenters. The Morgan fingerprint density at radius 1 is 0.812 bits per heavy atom. The lowest BCUT2D eigenvalue weighted by Crippen LogP contribution is -2.45. The molecule has 0 aromatic heterocycles. The third kappa shape index (κ3) is 5.97. The highest BCUT2D eigenvalue weighted by Crippen LogP contribution is 2.27. The number of benzene rings is 3. The molecule has 0 fully saturated rings. The van der Waals surface area contributed by atoms with E-state index in [1.54, 1.807) is 24.3 Å². The summed E-state index contributed by atoms with van der Waals surface area (Å²) in [7, 11) is 0. The van der Waals surface area contributed by atoms with Gasteiger partial charge in [0.1, 0.15) is 11.8 Å². The van der Waals surface area contributed by atoms with Crippen molar-refractivity contribution in [2.24, 2.45) is 5.92 Å². The summed E-state index contributed by atoms with van der Waals surface area (Å²) in [6.07, 6.45) is -0.562. The second kappa shape index (κ2) is 11.1. The molecule has 0 radical (unpaired) electrons. The van der Waals surface area contributed by atoms with Gasteiger partial charge in [-0.2, -0.15) is 0 Å². The molecule has 0 aliphatic rings. The number of ether oxygens (including phenoxy) is 2. The number of rotatable bonds is 9. The van der Waals surface area contributed by atoms with Gasteiger partial charge in [0, 0.05) is 5.56 Å². The number of carbonyl (C=O) groups excluding carboxylic acids is 2. The predicted octanol–water partition coefficient (Wildman–Crippen LogP) is 5.17. The van der Waals surface area contributed by atoms with Crippen molar-refractivity contribution in [1.82, 2.24) is 5.32 Å². The van der Waals surface area contributed by atoms with Crippen molar-refractivity contribution in [2.75, 3.05) is 6.61 Å². The molecule has 0 aliphatic carbocycles. The second-order valence-corrected chi connectivity index (χ2v) is 7.79. The largest absolute Gasteiger partial charge is 0.494 e. The summed E-state index contributed by atoms with van der Waals surface area (Å²) in [6, 6.07) is 25.2. The van der Waals surface area contributed by atoms with Gasteiger partial charge >= 0.3 is 5.97 Å². The average Bonchev–Trinajstić information content (AvgIpc) is 2.82. The van der Waals surface area contributed by atoms with Gasteiger partial charge in [-0.25, -0.2) is 4.79 Å². The van der Waals surface area contributed by atoms with E-state index in [0.717, 1.165) is 11.1 Å². The van der Waals surface area contributed by atoms with Gasteiger partial charge in [-0.3, -0.25) is 4.79 Å². The summed E-state index contributed by atoms with van der Waals surface area (Å²) >= 11 is 0. The first-order valence-corrected chi connectivity index (χ1v) is 10.8. The normalized spacial score (nSPS) is 11.8. The maximum Gasteiger partial charge on any atom is 0.329 e. The molecule has 1 amide bonds. The summed E-state index contributed by atoms with van der Waals surface area (Å²) in [5, 5.41) is 2.84. The molecule has 166 valence electrons. The molecular formula is C27H29NO4. The van der Waals surface area contributed by atoms with Gasteiger partial charge in [-0.15, -0.1) is 0 Å². The quantitative estimate of drug-likeness (QED) is 0.475. The van der Waals surface area contributed by atoms with Crippen LogP contribution in [0.15, 0.2) is 84.9 Å². The first-order valence-electron chi connectivity index (χ1n) is 10.8. The zero-order valence-corrected chi connectivity index (χ0v) is 18.7. The standard InChI is InChI=1S/C27H29NO4/c1-4-31-23-17-15-22(16-18-23)26(29)28-24(19(2)3)27(30)32-25(20-11-7-5-8-12-20)21-13-9-6-10-14-21/h5-19,24-25H,4H2,1-3H3,(H,28,29)/t24-/m0/s1. The maximum absolute atomic E-state index is 13.2. The van der Waals surface area contributed by atoms with Gasteiger partial charge in [-0.1, -0.05) is 74.5 Å². The van der Waals surface area contributed by atoms with Gasteiger partial charge in [0.2, 0.25) is 0 Å². The molecule has 3 aromatic rings. The number of nitrogens with one attached hydrogen (secondary N) is 1. The molecule has 32 heavy (non-hydrogen) atoms. The van der Waals surface area contributed by atoms with E-state index in [1.165, 1.54) is 0 Å². The molecule has 5 heteroatoms. The number of esters is 1. The third-order valence-electron chi connectivity index (χ3n) is 5.07. The Morgan fingerprint density at radius 3 is 1.81 bits per heavy atom. The van der Waals surface area contributed by atoms with Gasteiger partial charge in [0.25, 0.3) is 5.91 Å². The van der Waals surface area contributed by atoms with Gasteiger partial charge < -0.3 is 14.8 Å². The molecular weight excluding hydrogens is 402 g/mol. The van der Waals surface area contributed by atoms with E-state index in [9.17, 15) is 9.59 Å². The lowest BCUT2D eigenvalue weighted by atomic mass is 10.00. The third-order valence-corrected chi connectivity index (χ3v) is 5.07. The van der Waals surface area contributed by atoms with Crippen LogP contribution in [0.2, 0.25) is 0 Å². The van der Waals surface area contributed by atoms with E-state index in [4.69, 9.17) is 9.47 Å². The number of carbonyl (C=O) groups is 2. The highest BCUT2D eigenvalue weighted by Gasteiger charge is 2.29. The molecule has 1 atom stereocenters. The molecule has 1 N–H and O–H groups in total. The van der Waals surface area contributed by atoms with Gasteiger partial charge in [0.05, 0.1) is 6.61 Å². The molecule has 0 saturated carbocycles. The summed E-state index contributed by atoms with van der Waals surface area (Å²) < 4.78 is 11.4. The molecule has 3 rings (SSSR count). The fourth-order valence-corrected chi connectivity index (χ4v) is 3.37. The van der Waals surface area contributed by atoms with Gasteiger partial charge in [-0.05, 0) is 48.2 Å². The van der Waals surface area contributed by atoms with Crippen LogP contribution in [0.1, 0.15) is 48.4 Å². The molecule has 3 aromatic carbocycles. The second-order valence-electron chi connectivity index (χ2n) is 7.79. The lowest BCUT2D eigenvalue weighted by Gasteiger charge is -2.25. The molecule has 0 heterocycles. The van der Waals surface area contributed by atoms with Crippen LogP contribution in [0.4, 0.5) is 0 Å². The molecule has 0 aliphatic heterocycles. The van der Waals surface area contributed by atoms with Crippen molar-refractivity contribution >= 4 is 11.9 Å². The van der Waals surface area contributed by atoms with Crippen LogP contribution in [0.3, 0.4) is 0 Å². The Balaban J connectivity index is 1.77. The summed E-state index contributed by atoms with van der Waals surface area (Å²) in [5.74, 6) is -0.268. The van der Waals surface area contributed by atoms with Crippen LogP contribution < -0.4 is 10.1 Å². The summed E-state index contributed by atoms with van der Waals surface area (Å²) in [5.41, 5.74) is 2.19. The SMILES string of the molecule is CCOc1ccc(C(=O)N[C@H](C(=O)OC(c2ccccc2)c2ccccc2)C(C)C)cc1. The number of hydrogen-bond donors (Lipinski definition) is 1. The van der Waals surface area contributed by atoms with Crippen LogP contribution in [-0.2, 0) is 9.53 Å². The lowest BCUT2D eigenvalue weighted by molar-refractivity contribution is -0.151. The zero-order chi connectivity index (χ0) is 22.9. The summed E-state index contributed by atoms with van der Waals surface area (Å²) in [6.45, 7) is 6.21. The maximum atomic E-state index is 13.2. The Bertz CT molecular complexity index is 961. The minimum Gasteiger partial charge on any atom is -0.494 e. The fraction of sp³-hybridized carbons (Fsp3) is 0.259. The van der Waals surface area contributed by atoms with Crippen molar-refractivity contribution < 1.29 is 19.1 Å². The Morgan fingerprint density at radius 2 is 1.34 bits per heavy atom. The van der Waals surface area contributed by atoms with E-state index in [-0.39, 0.29) is 11.8 Å². The van der Waals surface area contributed by atoms with Crippen molar-refractivity contribution in [3.05, 3.63) is 102 Å².